The highest BCUT2D eigenvalue weighted by molar-refractivity contribution is 9.10. The summed E-state index contributed by atoms with van der Waals surface area (Å²) < 4.78 is 10.7. The van der Waals surface area contributed by atoms with Gasteiger partial charge in [0.05, 0.1) is 24.9 Å². The van der Waals surface area contributed by atoms with Gasteiger partial charge >= 0.3 is 5.97 Å². The fraction of sp³-hybridized carbons (Fsp3) is 0.167. The zero-order valence-corrected chi connectivity index (χ0v) is 15.5. The summed E-state index contributed by atoms with van der Waals surface area (Å²) in [5, 5.41) is 5.03. The van der Waals surface area contributed by atoms with Crippen molar-refractivity contribution in [1.82, 2.24) is 5.32 Å². The Kier molecular flexibility index (Phi) is 7.16. The number of methoxy groups -OCH3 is 1. The second kappa shape index (κ2) is 9.57. The van der Waals surface area contributed by atoms with Crippen LogP contribution in [0.4, 0.5) is 5.69 Å². The molecule has 2 amide bonds. The van der Waals surface area contributed by atoms with Crippen LogP contribution in [0.3, 0.4) is 0 Å². The summed E-state index contributed by atoms with van der Waals surface area (Å²) in [6.07, 6.45) is 0. The minimum atomic E-state index is -0.656. The summed E-state index contributed by atoms with van der Waals surface area (Å²) in [4.78, 5) is 35.4. The highest BCUT2D eigenvalue weighted by Crippen LogP contribution is 2.20. The van der Waals surface area contributed by atoms with E-state index in [2.05, 4.69) is 26.6 Å². The van der Waals surface area contributed by atoms with Gasteiger partial charge in [-0.2, -0.15) is 0 Å². The van der Waals surface area contributed by atoms with E-state index in [-0.39, 0.29) is 12.1 Å². The fourth-order valence-electron chi connectivity index (χ4n) is 1.95. The Morgan fingerprint density at radius 3 is 2.54 bits per heavy atom. The second-order valence-electron chi connectivity index (χ2n) is 5.11. The molecule has 0 fully saturated rings. The van der Waals surface area contributed by atoms with Crippen LogP contribution in [0.5, 0.6) is 5.75 Å². The average Bonchev–Trinajstić information content (AvgIpc) is 2.66. The quantitative estimate of drug-likeness (QED) is 0.670. The number of carbonyl (C=O) groups is 3. The molecule has 0 atom stereocenters. The molecule has 0 saturated heterocycles. The van der Waals surface area contributed by atoms with Crippen molar-refractivity contribution >= 4 is 39.4 Å². The van der Waals surface area contributed by atoms with Crippen molar-refractivity contribution in [3.63, 3.8) is 0 Å². The third-order valence-corrected chi connectivity index (χ3v) is 3.93. The van der Waals surface area contributed by atoms with Crippen molar-refractivity contribution in [2.24, 2.45) is 0 Å². The molecule has 2 aromatic carbocycles. The van der Waals surface area contributed by atoms with Crippen molar-refractivity contribution in [1.29, 1.82) is 0 Å². The molecule has 7 nitrogen and oxygen atoms in total. The number of halogens is 1. The molecule has 136 valence electrons. The van der Waals surface area contributed by atoms with Gasteiger partial charge in [-0.15, -0.1) is 0 Å². The van der Waals surface area contributed by atoms with Crippen LogP contribution in [0, 0.1) is 0 Å². The molecule has 0 aromatic heterocycles. The first kappa shape index (κ1) is 19.5. The first-order valence-corrected chi connectivity index (χ1v) is 8.41. The molecule has 0 spiro atoms. The first-order chi connectivity index (χ1) is 12.5. The van der Waals surface area contributed by atoms with Gasteiger partial charge in [0.2, 0.25) is 5.91 Å². The lowest BCUT2D eigenvalue weighted by Crippen LogP contribution is -2.35. The summed E-state index contributed by atoms with van der Waals surface area (Å²) in [6, 6.07) is 13.5. The molecule has 2 aromatic rings. The molecule has 8 heteroatoms. The van der Waals surface area contributed by atoms with E-state index >= 15 is 0 Å². The molecular weight excluding hydrogens is 404 g/mol. The molecule has 0 saturated carbocycles. The van der Waals surface area contributed by atoms with E-state index in [1.54, 1.807) is 36.4 Å². The maximum absolute atomic E-state index is 11.9. The number of nitrogens with one attached hydrogen (secondary N) is 2. The topological polar surface area (TPSA) is 93.7 Å². The molecule has 0 unspecified atom stereocenters. The Hall–Kier alpha value is -2.87. The van der Waals surface area contributed by atoms with Gasteiger partial charge in [0.1, 0.15) is 5.75 Å². The number of hydrogen-bond acceptors (Lipinski definition) is 5. The molecule has 26 heavy (non-hydrogen) atoms. The summed E-state index contributed by atoms with van der Waals surface area (Å²) in [7, 11) is 1.48. The van der Waals surface area contributed by atoms with Crippen molar-refractivity contribution in [3.8, 4) is 5.75 Å². The van der Waals surface area contributed by atoms with Crippen LogP contribution in [0.2, 0.25) is 0 Å². The Balaban J connectivity index is 1.75. The van der Waals surface area contributed by atoms with Crippen LogP contribution in [-0.4, -0.2) is 38.0 Å². The largest absolute Gasteiger partial charge is 0.497 e. The van der Waals surface area contributed by atoms with Crippen LogP contribution in [-0.2, 0) is 14.3 Å². The lowest BCUT2D eigenvalue weighted by Gasteiger charge is -2.09. The van der Waals surface area contributed by atoms with Crippen LogP contribution >= 0.6 is 15.9 Å². The van der Waals surface area contributed by atoms with E-state index in [1.807, 2.05) is 6.07 Å². The van der Waals surface area contributed by atoms with Crippen molar-refractivity contribution < 1.29 is 23.9 Å². The van der Waals surface area contributed by atoms with E-state index in [0.717, 1.165) is 4.47 Å². The standard InChI is InChI=1S/C18H17BrN2O5/c1-25-13-6-4-5-12(9-13)18(24)26-11-17(23)20-10-16(22)21-15-8-3-2-7-14(15)19/h2-9H,10-11H2,1H3,(H,20,23)(H,21,22). The van der Waals surface area contributed by atoms with Crippen molar-refractivity contribution in [2.45, 2.75) is 0 Å². The molecule has 2 rings (SSSR count). The van der Waals surface area contributed by atoms with E-state index in [4.69, 9.17) is 9.47 Å². The molecule has 2 N–H and O–H groups in total. The third-order valence-electron chi connectivity index (χ3n) is 3.23. The van der Waals surface area contributed by atoms with Gasteiger partial charge < -0.3 is 20.1 Å². The molecular formula is C18H17BrN2O5. The lowest BCUT2D eigenvalue weighted by molar-refractivity contribution is -0.126. The molecule has 0 aliphatic heterocycles. The Bertz CT molecular complexity index is 810. The predicted octanol–water partition coefficient (Wildman–Crippen LogP) is 2.37. The number of benzene rings is 2. The monoisotopic (exact) mass is 420 g/mol. The number of hydrogen-bond donors (Lipinski definition) is 2. The smallest absolute Gasteiger partial charge is 0.338 e. The molecule has 0 heterocycles. The van der Waals surface area contributed by atoms with Crippen LogP contribution in [0.1, 0.15) is 10.4 Å². The van der Waals surface area contributed by atoms with Gasteiger partial charge in [0.15, 0.2) is 6.61 Å². The molecule has 0 radical (unpaired) electrons. The zero-order valence-electron chi connectivity index (χ0n) is 14.0. The Morgan fingerprint density at radius 2 is 1.81 bits per heavy atom. The molecule has 0 bridgehead atoms. The minimum absolute atomic E-state index is 0.239. The van der Waals surface area contributed by atoms with E-state index < -0.39 is 24.4 Å². The second-order valence-corrected chi connectivity index (χ2v) is 5.97. The van der Waals surface area contributed by atoms with Crippen LogP contribution in [0.15, 0.2) is 53.0 Å². The summed E-state index contributed by atoms with van der Waals surface area (Å²) >= 11 is 3.31. The normalized spacial score (nSPS) is 9.92. The van der Waals surface area contributed by atoms with Crippen LogP contribution < -0.4 is 15.4 Å². The zero-order chi connectivity index (χ0) is 18.9. The maximum atomic E-state index is 11.9. The number of para-hydroxylation sites is 1. The van der Waals surface area contributed by atoms with Gasteiger partial charge in [0, 0.05) is 4.47 Å². The maximum Gasteiger partial charge on any atom is 0.338 e. The molecule has 0 aliphatic rings. The van der Waals surface area contributed by atoms with E-state index in [0.29, 0.717) is 11.4 Å². The Morgan fingerprint density at radius 1 is 1.04 bits per heavy atom. The lowest BCUT2D eigenvalue weighted by atomic mass is 10.2. The van der Waals surface area contributed by atoms with Crippen molar-refractivity contribution in [3.05, 3.63) is 58.6 Å². The van der Waals surface area contributed by atoms with E-state index in [1.165, 1.54) is 13.2 Å². The number of esters is 1. The fourth-order valence-corrected chi connectivity index (χ4v) is 2.34. The first-order valence-electron chi connectivity index (χ1n) is 7.62. The number of rotatable bonds is 7. The summed E-state index contributed by atoms with van der Waals surface area (Å²) in [5.74, 6) is -1.13. The highest BCUT2D eigenvalue weighted by Gasteiger charge is 2.12. The van der Waals surface area contributed by atoms with Gasteiger partial charge in [-0.25, -0.2) is 4.79 Å². The average molecular weight is 421 g/mol. The van der Waals surface area contributed by atoms with Crippen molar-refractivity contribution in [2.75, 3.05) is 25.6 Å². The van der Waals surface area contributed by atoms with Gasteiger partial charge in [-0.05, 0) is 46.3 Å². The highest BCUT2D eigenvalue weighted by atomic mass is 79.9. The van der Waals surface area contributed by atoms with E-state index in [9.17, 15) is 14.4 Å². The number of amides is 2. The van der Waals surface area contributed by atoms with Gasteiger partial charge in [-0.1, -0.05) is 18.2 Å². The number of anilines is 1. The van der Waals surface area contributed by atoms with Gasteiger partial charge in [-0.3, -0.25) is 9.59 Å². The predicted molar refractivity (Wildman–Crippen MR) is 99.1 cm³/mol. The number of ether oxygens (including phenoxy) is 2. The SMILES string of the molecule is COc1cccc(C(=O)OCC(=O)NCC(=O)Nc2ccccc2Br)c1. The summed E-state index contributed by atoms with van der Waals surface area (Å²) in [6.45, 7) is -0.727. The molecule has 0 aliphatic carbocycles. The number of carbonyl (C=O) groups excluding carboxylic acids is 3. The third kappa shape index (κ3) is 5.89. The minimum Gasteiger partial charge on any atom is -0.497 e. The summed E-state index contributed by atoms with van der Waals surface area (Å²) in [5.41, 5.74) is 0.861. The Labute approximate surface area is 158 Å². The van der Waals surface area contributed by atoms with Crippen LogP contribution in [0.25, 0.3) is 0 Å². The van der Waals surface area contributed by atoms with Gasteiger partial charge in [0.25, 0.3) is 5.91 Å².